The van der Waals surface area contributed by atoms with Gasteiger partial charge in [0.15, 0.2) is 5.41 Å². The molecule has 1 aromatic heterocycles. The van der Waals surface area contributed by atoms with Gasteiger partial charge in [0.2, 0.25) is 0 Å². The highest BCUT2D eigenvalue weighted by atomic mass is 16.6. The zero-order chi connectivity index (χ0) is 16.0. The molecule has 0 atom stereocenters. The second kappa shape index (κ2) is 7.19. The standard InChI is InChI=1S/C14H23N3O4/c1-6-20-12(18)14(10(3)4,13(19)21-7-2)8-11-9-17(5)16-15-11/h9-10H,6-8H2,1-5H3. The molecule has 21 heavy (non-hydrogen) atoms. The molecular weight excluding hydrogens is 274 g/mol. The monoisotopic (exact) mass is 297 g/mol. The van der Waals surface area contributed by atoms with Crippen molar-refractivity contribution in [1.82, 2.24) is 15.0 Å². The molecule has 1 rings (SSSR count). The van der Waals surface area contributed by atoms with Crippen molar-refractivity contribution in [2.24, 2.45) is 18.4 Å². The van der Waals surface area contributed by atoms with Gasteiger partial charge in [0.1, 0.15) is 0 Å². The maximum atomic E-state index is 12.5. The van der Waals surface area contributed by atoms with Crippen molar-refractivity contribution >= 4 is 11.9 Å². The second-order valence-corrected chi connectivity index (χ2v) is 5.13. The molecule has 0 fully saturated rings. The molecule has 7 nitrogen and oxygen atoms in total. The predicted molar refractivity (Wildman–Crippen MR) is 75.2 cm³/mol. The maximum absolute atomic E-state index is 12.5. The van der Waals surface area contributed by atoms with Crippen molar-refractivity contribution in [2.45, 2.75) is 34.1 Å². The molecule has 0 aliphatic heterocycles. The average Bonchev–Trinajstić information content (AvgIpc) is 2.81. The van der Waals surface area contributed by atoms with Crippen LogP contribution in [0.4, 0.5) is 0 Å². The van der Waals surface area contributed by atoms with E-state index in [1.165, 1.54) is 4.68 Å². The number of carbonyl (C=O) groups excluding carboxylic acids is 2. The number of carbonyl (C=O) groups is 2. The van der Waals surface area contributed by atoms with E-state index < -0.39 is 17.4 Å². The first-order valence-electron chi connectivity index (χ1n) is 7.08. The quantitative estimate of drug-likeness (QED) is 0.554. The van der Waals surface area contributed by atoms with Gasteiger partial charge in [-0.25, -0.2) is 0 Å². The van der Waals surface area contributed by atoms with Crippen LogP contribution in [-0.2, 0) is 32.5 Å². The Balaban J connectivity index is 3.22. The molecule has 1 aromatic rings. The van der Waals surface area contributed by atoms with Crippen LogP contribution in [0.3, 0.4) is 0 Å². The Morgan fingerprint density at radius 3 is 2.10 bits per heavy atom. The Morgan fingerprint density at radius 2 is 1.76 bits per heavy atom. The van der Waals surface area contributed by atoms with Crippen LogP contribution in [0.25, 0.3) is 0 Å². The summed E-state index contributed by atoms with van der Waals surface area (Å²) in [4.78, 5) is 24.9. The third kappa shape index (κ3) is 3.59. The first kappa shape index (κ1) is 17.1. The lowest BCUT2D eigenvalue weighted by molar-refractivity contribution is -0.176. The van der Waals surface area contributed by atoms with Gasteiger partial charge in [-0.3, -0.25) is 14.3 Å². The van der Waals surface area contributed by atoms with Crippen LogP contribution >= 0.6 is 0 Å². The van der Waals surface area contributed by atoms with E-state index in [9.17, 15) is 9.59 Å². The summed E-state index contributed by atoms with van der Waals surface area (Å²) in [6.45, 7) is 7.40. The highest BCUT2D eigenvalue weighted by Crippen LogP contribution is 2.34. The van der Waals surface area contributed by atoms with Gasteiger partial charge in [0.25, 0.3) is 0 Å². The molecule has 0 radical (unpaired) electrons. The molecule has 0 amide bonds. The van der Waals surface area contributed by atoms with Crippen molar-refractivity contribution in [2.75, 3.05) is 13.2 Å². The molecule has 0 aliphatic rings. The van der Waals surface area contributed by atoms with Crippen LogP contribution in [0.15, 0.2) is 6.20 Å². The van der Waals surface area contributed by atoms with Crippen molar-refractivity contribution in [3.63, 3.8) is 0 Å². The van der Waals surface area contributed by atoms with Crippen LogP contribution in [-0.4, -0.2) is 40.1 Å². The molecular formula is C14H23N3O4. The smallest absolute Gasteiger partial charge is 0.324 e. The minimum absolute atomic E-state index is 0.107. The predicted octanol–water partition coefficient (Wildman–Crippen LogP) is 1.13. The van der Waals surface area contributed by atoms with Crippen molar-refractivity contribution < 1.29 is 19.1 Å². The van der Waals surface area contributed by atoms with E-state index in [1.54, 1.807) is 40.9 Å². The topological polar surface area (TPSA) is 83.3 Å². The molecule has 0 saturated heterocycles. The third-order valence-electron chi connectivity index (χ3n) is 3.38. The largest absolute Gasteiger partial charge is 0.465 e. The first-order chi connectivity index (χ1) is 9.88. The van der Waals surface area contributed by atoms with E-state index in [4.69, 9.17) is 9.47 Å². The number of nitrogens with zero attached hydrogens (tertiary/aromatic N) is 3. The molecule has 118 valence electrons. The van der Waals surface area contributed by atoms with E-state index in [-0.39, 0.29) is 25.6 Å². The highest BCUT2D eigenvalue weighted by molar-refractivity contribution is 6.00. The number of ether oxygens (including phenoxy) is 2. The lowest BCUT2D eigenvalue weighted by Crippen LogP contribution is -2.48. The van der Waals surface area contributed by atoms with Gasteiger partial charge in [-0.2, -0.15) is 0 Å². The molecule has 0 saturated carbocycles. The van der Waals surface area contributed by atoms with E-state index in [0.717, 1.165) is 0 Å². The third-order valence-corrected chi connectivity index (χ3v) is 3.38. The van der Waals surface area contributed by atoms with E-state index in [2.05, 4.69) is 10.3 Å². The van der Waals surface area contributed by atoms with Gasteiger partial charge in [-0.1, -0.05) is 19.1 Å². The van der Waals surface area contributed by atoms with Gasteiger partial charge >= 0.3 is 11.9 Å². The van der Waals surface area contributed by atoms with Crippen LogP contribution in [0, 0.1) is 11.3 Å². The summed E-state index contributed by atoms with van der Waals surface area (Å²) in [5, 5.41) is 7.80. The summed E-state index contributed by atoms with van der Waals surface area (Å²) in [6, 6.07) is 0. The minimum atomic E-state index is -1.40. The van der Waals surface area contributed by atoms with Gasteiger partial charge in [-0.15, -0.1) is 5.10 Å². The number of hydrogen-bond donors (Lipinski definition) is 0. The number of hydrogen-bond acceptors (Lipinski definition) is 6. The molecule has 0 spiro atoms. The molecule has 0 unspecified atom stereocenters. The van der Waals surface area contributed by atoms with E-state index in [1.807, 2.05) is 0 Å². The summed E-state index contributed by atoms with van der Waals surface area (Å²) in [6.07, 6.45) is 1.78. The van der Waals surface area contributed by atoms with Crippen molar-refractivity contribution in [1.29, 1.82) is 0 Å². The van der Waals surface area contributed by atoms with Crippen LogP contribution in [0.2, 0.25) is 0 Å². The van der Waals surface area contributed by atoms with Gasteiger partial charge in [-0.05, 0) is 19.8 Å². The van der Waals surface area contributed by atoms with Crippen LogP contribution < -0.4 is 0 Å². The lowest BCUT2D eigenvalue weighted by atomic mass is 9.73. The molecule has 7 heteroatoms. The van der Waals surface area contributed by atoms with Crippen LogP contribution in [0.1, 0.15) is 33.4 Å². The Labute approximate surface area is 124 Å². The highest BCUT2D eigenvalue weighted by Gasteiger charge is 2.52. The molecule has 0 aliphatic carbocycles. The summed E-state index contributed by atoms with van der Waals surface area (Å²) in [5.74, 6) is -1.45. The van der Waals surface area contributed by atoms with Gasteiger partial charge in [0, 0.05) is 19.7 Å². The summed E-state index contributed by atoms with van der Waals surface area (Å²) < 4.78 is 11.8. The minimum Gasteiger partial charge on any atom is -0.465 e. The summed E-state index contributed by atoms with van der Waals surface area (Å²) in [5.41, 5.74) is -0.852. The SMILES string of the molecule is CCOC(=O)C(Cc1cn(C)nn1)(C(=O)OCC)C(C)C. The number of aryl methyl sites for hydroxylation is 1. The Kier molecular flexibility index (Phi) is 5.87. The first-order valence-corrected chi connectivity index (χ1v) is 7.08. The zero-order valence-electron chi connectivity index (χ0n) is 13.3. The van der Waals surface area contributed by atoms with Crippen molar-refractivity contribution in [3.05, 3.63) is 11.9 Å². The average molecular weight is 297 g/mol. The number of esters is 2. The Bertz CT molecular complexity index is 478. The van der Waals surface area contributed by atoms with Crippen molar-refractivity contribution in [3.8, 4) is 0 Å². The maximum Gasteiger partial charge on any atom is 0.324 e. The lowest BCUT2D eigenvalue weighted by Gasteiger charge is -2.31. The zero-order valence-corrected chi connectivity index (χ0v) is 13.3. The second-order valence-electron chi connectivity index (χ2n) is 5.13. The normalized spacial score (nSPS) is 11.5. The number of aromatic nitrogens is 3. The fourth-order valence-corrected chi connectivity index (χ4v) is 2.18. The van der Waals surface area contributed by atoms with Gasteiger partial charge in [0.05, 0.1) is 18.9 Å². The molecule has 0 bridgehead atoms. The Hall–Kier alpha value is -1.92. The summed E-state index contributed by atoms with van der Waals surface area (Å²) in [7, 11) is 1.72. The van der Waals surface area contributed by atoms with Gasteiger partial charge < -0.3 is 9.47 Å². The van der Waals surface area contributed by atoms with Crippen LogP contribution in [0.5, 0.6) is 0 Å². The fraction of sp³-hybridized carbons (Fsp3) is 0.714. The fourth-order valence-electron chi connectivity index (χ4n) is 2.18. The molecule has 0 N–H and O–H groups in total. The molecule has 0 aromatic carbocycles. The van der Waals surface area contributed by atoms with E-state index >= 15 is 0 Å². The Morgan fingerprint density at radius 1 is 1.24 bits per heavy atom. The summed E-state index contributed by atoms with van der Waals surface area (Å²) >= 11 is 0. The number of rotatable bonds is 7. The van der Waals surface area contributed by atoms with E-state index in [0.29, 0.717) is 5.69 Å². The molecule has 1 heterocycles.